The minimum Gasteiger partial charge on any atom is -0.497 e. The van der Waals surface area contributed by atoms with Gasteiger partial charge in [-0.15, -0.1) is 0 Å². The van der Waals surface area contributed by atoms with Gasteiger partial charge in [-0.1, -0.05) is 19.8 Å². The number of pyridine rings is 1. The smallest absolute Gasteiger partial charge is 0.142 e. The van der Waals surface area contributed by atoms with E-state index in [0.29, 0.717) is 28.8 Å². The van der Waals surface area contributed by atoms with Crippen molar-refractivity contribution in [3.8, 4) is 28.7 Å². The lowest BCUT2D eigenvalue weighted by atomic mass is 9.79. The topological polar surface area (TPSA) is 81.2 Å². The van der Waals surface area contributed by atoms with Crippen LogP contribution in [0.1, 0.15) is 43.0 Å². The van der Waals surface area contributed by atoms with Crippen LogP contribution in [0.15, 0.2) is 18.2 Å². The molecule has 0 fully saturated rings. The Morgan fingerprint density at radius 2 is 1.92 bits per heavy atom. The highest BCUT2D eigenvalue weighted by Gasteiger charge is 2.26. The first-order valence-corrected chi connectivity index (χ1v) is 9.06. The molecule has 1 aliphatic rings. The zero-order valence-corrected chi connectivity index (χ0v) is 15.6. The van der Waals surface area contributed by atoms with Crippen LogP contribution in [0.5, 0.6) is 11.5 Å². The third-order valence-electron chi connectivity index (χ3n) is 5.14. The van der Waals surface area contributed by atoms with E-state index in [1.165, 1.54) is 6.42 Å². The monoisotopic (exact) mass is 351 g/mol. The van der Waals surface area contributed by atoms with Crippen LogP contribution in [0.25, 0.3) is 11.1 Å². The number of methoxy groups -OCH3 is 2. The summed E-state index contributed by atoms with van der Waals surface area (Å²) in [5, 5.41) is 9.75. The Bertz CT molecular complexity index is 833. The van der Waals surface area contributed by atoms with Gasteiger partial charge in [0, 0.05) is 17.3 Å². The molecule has 2 N–H and O–H groups in total. The molecule has 0 amide bonds. The summed E-state index contributed by atoms with van der Waals surface area (Å²) in [5.74, 6) is 2.30. The number of hydrogen-bond donors (Lipinski definition) is 1. The predicted octanol–water partition coefficient (Wildman–Crippen LogP) is 4.12. The first-order valence-electron chi connectivity index (χ1n) is 9.06. The number of rotatable bonds is 5. The molecule has 5 heteroatoms. The maximum Gasteiger partial charge on any atom is 0.142 e. The van der Waals surface area contributed by atoms with Gasteiger partial charge in [-0.3, -0.25) is 0 Å². The van der Waals surface area contributed by atoms with Gasteiger partial charge in [0.05, 0.1) is 14.2 Å². The molecule has 1 aliphatic carbocycles. The Morgan fingerprint density at radius 1 is 1.23 bits per heavy atom. The summed E-state index contributed by atoms with van der Waals surface area (Å²) < 4.78 is 10.8. The molecule has 3 rings (SSSR count). The Hall–Kier alpha value is -2.74. The van der Waals surface area contributed by atoms with Crippen LogP contribution in [0, 0.1) is 17.2 Å². The van der Waals surface area contributed by atoms with Gasteiger partial charge in [-0.2, -0.15) is 5.26 Å². The first kappa shape index (κ1) is 18.1. The van der Waals surface area contributed by atoms with E-state index in [4.69, 9.17) is 15.2 Å². The number of benzene rings is 1. The summed E-state index contributed by atoms with van der Waals surface area (Å²) in [4.78, 5) is 4.54. The molecule has 0 aliphatic heterocycles. The van der Waals surface area contributed by atoms with Gasteiger partial charge in [0.1, 0.15) is 28.9 Å². The molecule has 1 aromatic heterocycles. The van der Waals surface area contributed by atoms with Gasteiger partial charge in [0.25, 0.3) is 0 Å². The number of nitriles is 1. The lowest BCUT2D eigenvalue weighted by Crippen LogP contribution is -2.18. The molecule has 0 radical (unpaired) electrons. The molecule has 26 heavy (non-hydrogen) atoms. The molecule has 0 spiro atoms. The van der Waals surface area contributed by atoms with Crippen molar-refractivity contribution in [3.05, 3.63) is 35.0 Å². The van der Waals surface area contributed by atoms with Crippen molar-refractivity contribution in [3.63, 3.8) is 0 Å². The number of aryl methyl sites for hydroxylation is 1. The van der Waals surface area contributed by atoms with E-state index in [2.05, 4.69) is 18.0 Å². The Balaban J connectivity index is 2.23. The fraction of sp³-hybridized carbons (Fsp3) is 0.429. The normalized spacial score (nSPS) is 15.8. The lowest BCUT2D eigenvalue weighted by molar-refractivity contribution is 0.394. The van der Waals surface area contributed by atoms with Crippen molar-refractivity contribution in [1.29, 1.82) is 5.26 Å². The lowest BCUT2D eigenvalue weighted by Gasteiger charge is -2.27. The zero-order chi connectivity index (χ0) is 18.7. The van der Waals surface area contributed by atoms with Crippen LogP contribution in [0.2, 0.25) is 0 Å². The van der Waals surface area contributed by atoms with Crippen LogP contribution in [-0.4, -0.2) is 19.2 Å². The van der Waals surface area contributed by atoms with Gasteiger partial charge >= 0.3 is 0 Å². The highest BCUT2D eigenvalue weighted by atomic mass is 16.5. The average molecular weight is 351 g/mol. The maximum absolute atomic E-state index is 9.75. The second kappa shape index (κ2) is 7.65. The number of aromatic nitrogens is 1. The SMILES string of the molecule is CCCC1CCc2nc(N)c(C#N)c(-c3cc(OC)cc(OC)c3)c2C1. The second-order valence-corrected chi connectivity index (χ2v) is 6.78. The van der Waals surface area contributed by atoms with E-state index in [-0.39, 0.29) is 0 Å². The Morgan fingerprint density at radius 3 is 2.50 bits per heavy atom. The van der Waals surface area contributed by atoms with Gasteiger partial charge in [0.2, 0.25) is 0 Å². The number of nitrogens with zero attached hydrogens (tertiary/aromatic N) is 2. The number of hydrogen-bond acceptors (Lipinski definition) is 5. The highest BCUT2D eigenvalue weighted by molar-refractivity contribution is 5.80. The number of nitrogen functional groups attached to an aromatic ring is 1. The van der Waals surface area contributed by atoms with Crippen molar-refractivity contribution in [2.45, 2.75) is 39.0 Å². The maximum atomic E-state index is 9.75. The third-order valence-corrected chi connectivity index (χ3v) is 5.14. The number of anilines is 1. The van der Waals surface area contributed by atoms with Gasteiger partial charge in [-0.25, -0.2) is 4.98 Å². The minimum atomic E-state index is 0.303. The second-order valence-electron chi connectivity index (χ2n) is 6.78. The summed E-state index contributed by atoms with van der Waals surface area (Å²) in [5.41, 5.74) is 10.5. The van der Waals surface area contributed by atoms with Gasteiger partial charge in [-0.05, 0) is 48.4 Å². The number of ether oxygens (including phenoxy) is 2. The van der Waals surface area contributed by atoms with Gasteiger partial charge in [0.15, 0.2) is 0 Å². The zero-order valence-electron chi connectivity index (χ0n) is 15.6. The van der Waals surface area contributed by atoms with Crippen molar-refractivity contribution in [1.82, 2.24) is 4.98 Å². The number of nitrogens with two attached hydrogens (primary N) is 1. The van der Waals surface area contributed by atoms with Crippen molar-refractivity contribution in [2.75, 3.05) is 20.0 Å². The van der Waals surface area contributed by atoms with Crippen molar-refractivity contribution >= 4 is 5.82 Å². The Labute approximate surface area is 154 Å². The standard InChI is InChI=1S/C21H25N3O2/c1-4-5-13-6-7-19-17(8-13)20(18(12-22)21(23)24-19)14-9-15(25-2)11-16(10-14)26-3/h9-11,13H,4-8H2,1-3H3,(H2,23,24). The van der Waals surface area contributed by atoms with Gasteiger partial charge < -0.3 is 15.2 Å². The van der Waals surface area contributed by atoms with E-state index in [1.54, 1.807) is 14.2 Å². The first-order chi connectivity index (χ1) is 12.6. The van der Waals surface area contributed by atoms with E-state index >= 15 is 0 Å². The molecule has 1 aromatic carbocycles. The highest BCUT2D eigenvalue weighted by Crippen LogP contribution is 2.40. The fourth-order valence-corrected chi connectivity index (χ4v) is 3.89. The molecule has 1 unspecified atom stereocenters. The Kier molecular flexibility index (Phi) is 5.32. The third kappa shape index (κ3) is 3.32. The predicted molar refractivity (Wildman–Crippen MR) is 102 cm³/mol. The van der Waals surface area contributed by atoms with Crippen LogP contribution in [0.4, 0.5) is 5.82 Å². The van der Waals surface area contributed by atoms with Crippen LogP contribution in [-0.2, 0) is 12.8 Å². The fourth-order valence-electron chi connectivity index (χ4n) is 3.89. The summed E-state index contributed by atoms with van der Waals surface area (Å²) in [6.45, 7) is 2.21. The molecule has 0 saturated heterocycles. The van der Waals surface area contributed by atoms with E-state index < -0.39 is 0 Å². The quantitative estimate of drug-likeness (QED) is 0.876. The molecule has 1 atom stereocenters. The van der Waals surface area contributed by atoms with E-state index in [1.807, 2.05) is 18.2 Å². The molecule has 0 bridgehead atoms. The van der Waals surface area contributed by atoms with E-state index in [0.717, 1.165) is 48.1 Å². The van der Waals surface area contributed by atoms with E-state index in [9.17, 15) is 5.26 Å². The summed E-state index contributed by atoms with van der Waals surface area (Å²) >= 11 is 0. The summed E-state index contributed by atoms with van der Waals surface area (Å²) in [7, 11) is 3.24. The molecular weight excluding hydrogens is 326 g/mol. The van der Waals surface area contributed by atoms with Crippen LogP contribution < -0.4 is 15.2 Å². The molecule has 2 aromatic rings. The summed E-state index contributed by atoms with van der Waals surface area (Å²) in [6, 6.07) is 7.96. The molecule has 136 valence electrons. The summed E-state index contributed by atoms with van der Waals surface area (Å²) in [6.07, 6.45) is 5.31. The number of fused-ring (bicyclic) bond motifs is 1. The van der Waals surface area contributed by atoms with Crippen molar-refractivity contribution in [2.24, 2.45) is 5.92 Å². The molecular formula is C21H25N3O2. The van der Waals surface area contributed by atoms with Crippen molar-refractivity contribution < 1.29 is 9.47 Å². The van der Waals surface area contributed by atoms with Crippen LogP contribution >= 0.6 is 0 Å². The molecule has 0 saturated carbocycles. The molecule has 1 heterocycles. The average Bonchev–Trinajstić information content (AvgIpc) is 2.66. The molecule has 5 nitrogen and oxygen atoms in total. The van der Waals surface area contributed by atoms with Crippen LogP contribution in [0.3, 0.4) is 0 Å². The minimum absolute atomic E-state index is 0.303. The largest absolute Gasteiger partial charge is 0.497 e.